The molecular formula is C8H10N2O3. The summed E-state index contributed by atoms with van der Waals surface area (Å²) in [6.07, 6.45) is 3.05. The van der Waals surface area contributed by atoms with Gasteiger partial charge in [0, 0.05) is 5.92 Å². The third-order valence-electron chi connectivity index (χ3n) is 2.35. The largest absolute Gasteiger partial charge is 0.476 e. The second kappa shape index (κ2) is 2.76. The molecule has 0 saturated heterocycles. The standard InChI is InChI=1S/C8H10N2O3/c9-8-10-5(7(11)12)6(13-8)4-2-1-3-4/h4H,1-3H2,(H2,9,10)(H,11,12). The van der Waals surface area contributed by atoms with Crippen molar-refractivity contribution in [1.82, 2.24) is 4.98 Å². The van der Waals surface area contributed by atoms with E-state index in [1.54, 1.807) is 0 Å². The molecule has 2 rings (SSSR count). The van der Waals surface area contributed by atoms with Crippen molar-refractivity contribution < 1.29 is 14.3 Å². The fourth-order valence-electron chi connectivity index (χ4n) is 1.45. The summed E-state index contributed by atoms with van der Waals surface area (Å²) < 4.78 is 5.07. The molecule has 70 valence electrons. The molecule has 1 aromatic heterocycles. The van der Waals surface area contributed by atoms with Crippen LogP contribution in [-0.2, 0) is 0 Å². The molecule has 0 aliphatic heterocycles. The topological polar surface area (TPSA) is 89.3 Å². The lowest BCUT2D eigenvalue weighted by atomic mass is 9.83. The molecule has 1 saturated carbocycles. The van der Waals surface area contributed by atoms with Crippen molar-refractivity contribution in [3.05, 3.63) is 11.5 Å². The Morgan fingerprint density at radius 2 is 2.31 bits per heavy atom. The van der Waals surface area contributed by atoms with Gasteiger partial charge in [0.1, 0.15) is 5.76 Å². The van der Waals surface area contributed by atoms with Crippen LogP contribution in [0.15, 0.2) is 4.42 Å². The first-order valence-electron chi connectivity index (χ1n) is 4.18. The van der Waals surface area contributed by atoms with Gasteiger partial charge in [0.05, 0.1) is 0 Å². The van der Waals surface area contributed by atoms with E-state index in [4.69, 9.17) is 15.3 Å². The summed E-state index contributed by atoms with van der Waals surface area (Å²) >= 11 is 0. The van der Waals surface area contributed by atoms with Crippen molar-refractivity contribution in [3.8, 4) is 0 Å². The van der Waals surface area contributed by atoms with E-state index in [2.05, 4.69) is 4.98 Å². The highest BCUT2D eigenvalue weighted by Gasteiger charge is 2.29. The molecule has 1 heterocycles. The number of carboxylic acids is 1. The number of hydrogen-bond donors (Lipinski definition) is 2. The van der Waals surface area contributed by atoms with Gasteiger partial charge in [0.15, 0.2) is 5.69 Å². The molecule has 13 heavy (non-hydrogen) atoms. The molecule has 0 amide bonds. The number of carbonyl (C=O) groups is 1. The molecule has 0 bridgehead atoms. The fourth-order valence-corrected chi connectivity index (χ4v) is 1.45. The fraction of sp³-hybridized carbons (Fsp3) is 0.500. The third-order valence-corrected chi connectivity index (χ3v) is 2.35. The van der Waals surface area contributed by atoms with Crippen LogP contribution < -0.4 is 5.73 Å². The zero-order valence-electron chi connectivity index (χ0n) is 6.99. The summed E-state index contributed by atoms with van der Waals surface area (Å²) in [4.78, 5) is 14.3. The average Bonchev–Trinajstić information content (AvgIpc) is 2.27. The van der Waals surface area contributed by atoms with E-state index in [-0.39, 0.29) is 17.6 Å². The zero-order chi connectivity index (χ0) is 9.42. The van der Waals surface area contributed by atoms with Gasteiger partial charge in [-0.05, 0) is 12.8 Å². The van der Waals surface area contributed by atoms with Gasteiger partial charge in [-0.3, -0.25) is 0 Å². The smallest absolute Gasteiger partial charge is 0.358 e. The summed E-state index contributed by atoms with van der Waals surface area (Å²) in [6.45, 7) is 0. The molecule has 5 heteroatoms. The SMILES string of the molecule is Nc1nc(C(=O)O)c(C2CCC2)o1. The van der Waals surface area contributed by atoms with E-state index in [0.29, 0.717) is 5.76 Å². The van der Waals surface area contributed by atoms with Gasteiger partial charge in [-0.15, -0.1) is 0 Å². The van der Waals surface area contributed by atoms with Crippen LogP contribution in [0.5, 0.6) is 0 Å². The number of carboxylic acid groups (broad SMARTS) is 1. The molecule has 0 atom stereocenters. The maximum atomic E-state index is 10.7. The minimum absolute atomic E-state index is 0.0257. The normalized spacial score (nSPS) is 16.9. The number of hydrogen-bond acceptors (Lipinski definition) is 4. The van der Waals surface area contributed by atoms with Crippen molar-refractivity contribution in [2.75, 3.05) is 5.73 Å². The van der Waals surface area contributed by atoms with Crippen molar-refractivity contribution in [2.45, 2.75) is 25.2 Å². The first kappa shape index (κ1) is 8.10. The predicted molar refractivity (Wildman–Crippen MR) is 44.5 cm³/mol. The second-order valence-electron chi connectivity index (χ2n) is 3.20. The van der Waals surface area contributed by atoms with E-state index in [1.807, 2.05) is 0 Å². The van der Waals surface area contributed by atoms with Crippen molar-refractivity contribution in [2.24, 2.45) is 0 Å². The Balaban J connectivity index is 2.36. The summed E-state index contributed by atoms with van der Waals surface area (Å²) in [6, 6.07) is -0.0562. The van der Waals surface area contributed by atoms with E-state index in [1.165, 1.54) is 0 Å². The van der Waals surface area contributed by atoms with Gasteiger partial charge in [0.25, 0.3) is 6.01 Å². The number of aromatic nitrogens is 1. The maximum Gasteiger partial charge on any atom is 0.358 e. The van der Waals surface area contributed by atoms with Crippen LogP contribution >= 0.6 is 0 Å². The molecule has 0 aromatic carbocycles. The Kier molecular flexibility index (Phi) is 1.72. The summed E-state index contributed by atoms with van der Waals surface area (Å²) in [7, 11) is 0. The highest BCUT2D eigenvalue weighted by molar-refractivity contribution is 5.87. The average molecular weight is 182 g/mol. The molecule has 0 spiro atoms. The van der Waals surface area contributed by atoms with Crippen LogP contribution in [0.1, 0.15) is 41.4 Å². The minimum atomic E-state index is -1.07. The minimum Gasteiger partial charge on any atom is -0.476 e. The molecule has 0 unspecified atom stereocenters. The van der Waals surface area contributed by atoms with Crippen LogP contribution in [0.2, 0.25) is 0 Å². The highest BCUT2D eigenvalue weighted by Crippen LogP contribution is 2.38. The number of nitrogens with zero attached hydrogens (tertiary/aromatic N) is 1. The van der Waals surface area contributed by atoms with Crippen molar-refractivity contribution >= 4 is 12.0 Å². The lowest BCUT2D eigenvalue weighted by Gasteiger charge is -2.22. The molecule has 5 nitrogen and oxygen atoms in total. The van der Waals surface area contributed by atoms with E-state index >= 15 is 0 Å². The highest BCUT2D eigenvalue weighted by atomic mass is 16.4. The van der Waals surface area contributed by atoms with Crippen LogP contribution in [0.4, 0.5) is 6.01 Å². The number of aromatic carboxylic acids is 1. The number of anilines is 1. The Hall–Kier alpha value is -1.52. The summed E-state index contributed by atoms with van der Waals surface area (Å²) in [5.74, 6) is -0.422. The van der Waals surface area contributed by atoms with Gasteiger partial charge < -0.3 is 15.3 Å². The van der Waals surface area contributed by atoms with Crippen LogP contribution in [0.3, 0.4) is 0 Å². The third kappa shape index (κ3) is 1.26. The first-order valence-corrected chi connectivity index (χ1v) is 4.18. The molecular weight excluding hydrogens is 172 g/mol. The molecule has 1 aliphatic rings. The van der Waals surface area contributed by atoms with E-state index in [9.17, 15) is 4.79 Å². The molecule has 1 aliphatic carbocycles. The maximum absolute atomic E-state index is 10.7. The Bertz CT molecular complexity index is 341. The van der Waals surface area contributed by atoms with Crippen molar-refractivity contribution in [3.63, 3.8) is 0 Å². The van der Waals surface area contributed by atoms with Gasteiger partial charge in [-0.1, -0.05) is 6.42 Å². The molecule has 0 radical (unpaired) electrons. The molecule has 1 aromatic rings. The summed E-state index contributed by atoms with van der Waals surface area (Å²) in [5.41, 5.74) is 5.27. The zero-order valence-corrected chi connectivity index (χ0v) is 6.99. The van der Waals surface area contributed by atoms with E-state index in [0.717, 1.165) is 19.3 Å². The Morgan fingerprint density at radius 3 is 2.77 bits per heavy atom. The predicted octanol–water partition coefficient (Wildman–Crippen LogP) is 1.22. The van der Waals surface area contributed by atoms with Crippen molar-refractivity contribution in [1.29, 1.82) is 0 Å². The monoisotopic (exact) mass is 182 g/mol. The molecule has 3 N–H and O–H groups in total. The number of nitrogen functional groups attached to an aromatic ring is 1. The number of oxazole rings is 1. The Labute approximate surface area is 74.6 Å². The Morgan fingerprint density at radius 1 is 1.62 bits per heavy atom. The summed E-state index contributed by atoms with van der Waals surface area (Å²) in [5, 5.41) is 8.77. The van der Waals surface area contributed by atoms with Gasteiger partial charge in [0.2, 0.25) is 0 Å². The molecule has 1 fully saturated rings. The van der Waals surface area contributed by atoms with Gasteiger partial charge >= 0.3 is 5.97 Å². The van der Waals surface area contributed by atoms with Gasteiger partial charge in [-0.2, -0.15) is 4.98 Å². The first-order chi connectivity index (χ1) is 6.18. The van der Waals surface area contributed by atoms with Crippen LogP contribution in [-0.4, -0.2) is 16.1 Å². The number of rotatable bonds is 2. The van der Waals surface area contributed by atoms with Crippen LogP contribution in [0, 0.1) is 0 Å². The quantitative estimate of drug-likeness (QED) is 0.717. The van der Waals surface area contributed by atoms with E-state index < -0.39 is 5.97 Å². The lowest BCUT2D eigenvalue weighted by molar-refractivity contribution is 0.0687. The van der Waals surface area contributed by atoms with Gasteiger partial charge in [-0.25, -0.2) is 4.79 Å². The lowest BCUT2D eigenvalue weighted by Crippen LogP contribution is -2.12. The second-order valence-corrected chi connectivity index (χ2v) is 3.20. The number of nitrogens with two attached hydrogens (primary N) is 1. The van der Waals surface area contributed by atoms with Crippen LogP contribution in [0.25, 0.3) is 0 Å².